The second kappa shape index (κ2) is 9.03. The molecule has 0 amide bonds. The highest BCUT2D eigenvalue weighted by atomic mass is 32.1. The van der Waals surface area contributed by atoms with Crippen LogP contribution in [-0.4, -0.2) is 34.5 Å². The number of pyridine rings is 1. The van der Waals surface area contributed by atoms with E-state index in [2.05, 4.69) is 44.8 Å². The van der Waals surface area contributed by atoms with Crippen LogP contribution in [-0.2, 0) is 22.6 Å². The van der Waals surface area contributed by atoms with Gasteiger partial charge in [-0.1, -0.05) is 41.7 Å². The minimum Gasteiger partial charge on any atom is -0.381 e. The smallest absolute Gasteiger partial charge is 0.206 e. The molecule has 1 aliphatic rings. The van der Waals surface area contributed by atoms with Gasteiger partial charge in [-0.15, -0.1) is 10.2 Å². The van der Waals surface area contributed by atoms with E-state index in [1.807, 2.05) is 18.2 Å². The van der Waals surface area contributed by atoms with Crippen molar-refractivity contribution in [1.29, 1.82) is 0 Å². The summed E-state index contributed by atoms with van der Waals surface area (Å²) < 4.78 is 11.4. The van der Waals surface area contributed by atoms with Gasteiger partial charge in [-0.05, 0) is 36.1 Å². The van der Waals surface area contributed by atoms with Crippen LogP contribution >= 0.6 is 11.3 Å². The van der Waals surface area contributed by atoms with Gasteiger partial charge < -0.3 is 14.8 Å². The van der Waals surface area contributed by atoms with Gasteiger partial charge in [-0.25, -0.2) is 0 Å². The highest BCUT2D eigenvalue weighted by Gasteiger charge is 2.14. The summed E-state index contributed by atoms with van der Waals surface area (Å²) in [5.74, 6) is 0. The van der Waals surface area contributed by atoms with Crippen LogP contribution < -0.4 is 5.32 Å². The number of rotatable bonds is 7. The molecule has 4 rings (SSSR count). The van der Waals surface area contributed by atoms with Crippen molar-refractivity contribution in [2.75, 3.05) is 18.5 Å². The van der Waals surface area contributed by atoms with Gasteiger partial charge in [0.15, 0.2) is 5.01 Å². The number of aromatic nitrogens is 3. The quantitative estimate of drug-likeness (QED) is 0.668. The van der Waals surface area contributed by atoms with E-state index in [1.54, 1.807) is 6.20 Å². The average Bonchev–Trinajstić information content (AvgIpc) is 3.22. The SMILES string of the molecule is c1ccc(-c2nnc(NCc3cccc(COC4CCOCC4)c3)s2)nc1. The maximum atomic E-state index is 6.01. The third-order valence-electron chi connectivity index (χ3n) is 4.40. The Bertz CT molecular complexity index is 850. The lowest BCUT2D eigenvalue weighted by atomic mass is 10.1. The van der Waals surface area contributed by atoms with Gasteiger partial charge in [0.1, 0.15) is 5.69 Å². The molecule has 1 aromatic carbocycles. The zero-order valence-electron chi connectivity index (χ0n) is 15.0. The maximum absolute atomic E-state index is 6.01. The molecule has 3 aromatic rings. The first kappa shape index (κ1) is 18.0. The van der Waals surface area contributed by atoms with Gasteiger partial charge in [-0.2, -0.15) is 0 Å². The Labute approximate surface area is 162 Å². The predicted molar refractivity (Wildman–Crippen MR) is 106 cm³/mol. The highest BCUT2D eigenvalue weighted by Crippen LogP contribution is 2.24. The molecule has 1 fully saturated rings. The fourth-order valence-corrected chi connectivity index (χ4v) is 3.67. The summed E-state index contributed by atoms with van der Waals surface area (Å²) in [4.78, 5) is 4.31. The summed E-state index contributed by atoms with van der Waals surface area (Å²) in [6.07, 6.45) is 4.04. The summed E-state index contributed by atoms with van der Waals surface area (Å²) in [5, 5.41) is 13.4. The van der Waals surface area contributed by atoms with Crippen molar-refractivity contribution < 1.29 is 9.47 Å². The normalized spacial score (nSPS) is 15.0. The number of nitrogens with zero attached hydrogens (tertiary/aromatic N) is 3. The van der Waals surface area contributed by atoms with E-state index in [0.717, 1.165) is 41.9 Å². The first-order valence-electron chi connectivity index (χ1n) is 9.13. The molecule has 1 aliphatic heterocycles. The van der Waals surface area contributed by atoms with Crippen LogP contribution in [0.4, 0.5) is 5.13 Å². The Hall–Kier alpha value is -2.35. The lowest BCUT2D eigenvalue weighted by molar-refractivity contribution is -0.0390. The second-order valence-electron chi connectivity index (χ2n) is 6.42. The third kappa shape index (κ3) is 5.09. The zero-order valence-corrected chi connectivity index (χ0v) is 15.8. The van der Waals surface area contributed by atoms with E-state index in [9.17, 15) is 0 Å². The molecule has 0 bridgehead atoms. The lowest BCUT2D eigenvalue weighted by Gasteiger charge is -2.22. The largest absolute Gasteiger partial charge is 0.381 e. The number of hydrogen-bond acceptors (Lipinski definition) is 7. The fourth-order valence-electron chi connectivity index (χ4n) is 2.95. The van der Waals surface area contributed by atoms with Crippen molar-refractivity contribution >= 4 is 16.5 Å². The average molecular weight is 382 g/mol. The highest BCUT2D eigenvalue weighted by molar-refractivity contribution is 7.18. The van der Waals surface area contributed by atoms with Crippen molar-refractivity contribution in [3.8, 4) is 10.7 Å². The number of ether oxygens (including phenoxy) is 2. The van der Waals surface area contributed by atoms with E-state index in [4.69, 9.17) is 9.47 Å². The summed E-state index contributed by atoms with van der Waals surface area (Å²) >= 11 is 1.51. The topological polar surface area (TPSA) is 69.2 Å². The Morgan fingerprint density at radius 3 is 2.81 bits per heavy atom. The minimum absolute atomic E-state index is 0.312. The van der Waals surface area contributed by atoms with Crippen LogP contribution in [0.2, 0.25) is 0 Å². The number of benzene rings is 1. The minimum atomic E-state index is 0.312. The van der Waals surface area contributed by atoms with E-state index >= 15 is 0 Å². The molecule has 0 saturated carbocycles. The van der Waals surface area contributed by atoms with E-state index in [0.29, 0.717) is 19.3 Å². The molecule has 0 spiro atoms. The molecule has 2 aromatic heterocycles. The molecule has 7 heteroatoms. The Morgan fingerprint density at radius 1 is 1.07 bits per heavy atom. The number of anilines is 1. The number of hydrogen-bond donors (Lipinski definition) is 1. The molecular weight excluding hydrogens is 360 g/mol. The van der Waals surface area contributed by atoms with Crippen LogP contribution in [0.25, 0.3) is 10.7 Å². The van der Waals surface area contributed by atoms with Crippen LogP contribution in [0, 0.1) is 0 Å². The Morgan fingerprint density at radius 2 is 1.96 bits per heavy atom. The standard InChI is InChI=1S/C20H22N4O2S/c1-2-9-21-18(6-1)19-23-24-20(27-19)22-13-15-4-3-5-16(12-15)14-26-17-7-10-25-11-8-17/h1-6,9,12,17H,7-8,10-11,13-14H2,(H,22,24). The molecule has 0 atom stereocenters. The molecule has 140 valence electrons. The molecule has 0 aliphatic carbocycles. The lowest BCUT2D eigenvalue weighted by Crippen LogP contribution is -2.23. The second-order valence-corrected chi connectivity index (χ2v) is 7.40. The van der Waals surface area contributed by atoms with Crippen molar-refractivity contribution in [3.05, 3.63) is 59.8 Å². The molecule has 1 N–H and O–H groups in total. The van der Waals surface area contributed by atoms with E-state index < -0.39 is 0 Å². The Balaban J connectivity index is 1.31. The van der Waals surface area contributed by atoms with E-state index in [-0.39, 0.29) is 0 Å². The van der Waals surface area contributed by atoms with Gasteiger partial charge in [0.25, 0.3) is 0 Å². The van der Waals surface area contributed by atoms with Crippen LogP contribution in [0.5, 0.6) is 0 Å². The van der Waals surface area contributed by atoms with Crippen molar-refractivity contribution in [2.24, 2.45) is 0 Å². The Kier molecular flexibility index (Phi) is 6.03. The van der Waals surface area contributed by atoms with Crippen molar-refractivity contribution in [2.45, 2.75) is 32.1 Å². The molecular formula is C20H22N4O2S. The van der Waals surface area contributed by atoms with Gasteiger partial charge in [0.2, 0.25) is 5.13 Å². The van der Waals surface area contributed by atoms with Gasteiger partial charge in [0.05, 0.1) is 12.7 Å². The first-order chi connectivity index (χ1) is 13.4. The molecule has 1 saturated heterocycles. The van der Waals surface area contributed by atoms with Crippen molar-refractivity contribution in [3.63, 3.8) is 0 Å². The van der Waals surface area contributed by atoms with Crippen molar-refractivity contribution in [1.82, 2.24) is 15.2 Å². The van der Waals surface area contributed by atoms with E-state index in [1.165, 1.54) is 22.5 Å². The third-order valence-corrected chi connectivity index (χ3v) is 5.30. The summed E-state index contributed by atoms with van der Waals surface area (Å²) in [5.41, 5.74) is 3.22. The predicted octanol–water partition coefficient (Wildman–Crippen LogP) is 3.91. The fraction of sp³-hybridized carbons (Fsp3) is 0.350. The van der Waals surface area contributed by atoms with Gasteiger partial charge in [0, 0.05) is 26.0 Å². The summed E-state index contributed by atoms with van der Waals surface area (Å²) in [6.45, 7) is 2.94. The zero-order chi connectivity index (χ0) is 18.3. The molecule has 6 nitrogen and oxygen atoms in total. The first-order valence-corrected chi connectivity index (χ1v) is 9.94. The summed E-state index contributed by atoms with van der Waals surface area (Å²) in [6, 6.07) is 14.2. The van der Waals surface area contributed by atoms with Crippen LogP contribution in [0.15, 0.2) is 48.7 Å². The number of nitrogens with one attached hydrogen (secondary N) is 1. The molecule has 3 heterocycles. The van der Waals surface area contributed by atoms with Gasteiger partial charge >= 0.3 is 0 Å². The molecule has 0 radical (unpaired) electrons. The van der Waals surface area contributed by atoms with Gasteiger partial charge in [-0.3, -0.25) is 4.98 Å². The molecule has 0 unspecified atom stereocenters. The van der Waals surface area contributed by atoms with Crippen LogP contribution in [0.1, 0.15) is 24.0 Å². The monoisotopic (exact) mass is 382 g/mol. The molecule has 27 heavy (non-hydrogen) atoms. The summed E-state index contributed by atoms with van der Waals surface area (Å²) in [7, 11) is 0. The van der Waals surface area contributed by atoms with Crippen LogP contribution in [0.3, 0.4) is 0 Å². The maximum Gasteiger partial charge on any atom is 0.206 e.